The average molecular weight is 353 g/mol. The lowest BCUT2D eigenvalue weighted by Crippen LogP contribution is -2.11. The van der Waals surface area contributed by atoms with E-state index in [1.165, 1.54) is 32.1 Å². The van der Waals surface area contributed by atoms with E-state index >= 15 is 0 Å². The minimum Gasteiger partial charge on any atom is -0.496 e. The van der Waals surface area contributed by atoms with Crippen LogP contribution in [0.1, 0.15) is 66.4 Å². The third-order valence-electron chi connectivity index (χ3n) is 4.65. The molecule has 1 aromatic rings. The minimum absolute atomic E-state index is 0.222. The molecule has 0 amide bonds. The van der Waals surface area contributed by atoms with E-state index in [1.807, 2.05) is 19.9 Å². The second-order valence-electron chi connectivity index (χ2n) is 6.17. The van der Waals surface area contributed by atoms with Gasteiger partial charge in [-0.15, -0.1) is 0 Å². The van der Waals surface area contributed by atoms with Crippen LogP contribution in [0.4, 0.5) is 0 Å². The van der Waals surface area contributed by atoms with E-state index in [0.717, 1.165) is 39.3 Å². The number of ether oxygens (including phenoxy) is 1. The quantitative estimate of drug-likeness (QED) is 0.643. The van der Waals surface area contributed by atoms with E-state index in [9.17, 15) is 4.79 Å². The van der Waals surface area contributed by atoms with Crippen LogP contribution in [0.25, 0.3) is 0 Å². The van der Waals surface area contributed by atoms with Crippen LogP contribution in [0.15, 0.2) is 10.5 Å². The summed E-state index contributed by atoms with van der Waals surface area (Å²) in [7, 11) is 1.65. The van der Waals surface area contributed by atoms with Crippen LogP contribution in [-0.2, 0) is 0 Å². The highest BCUT2D eigenvalue weighted by molar-refractivity contribution is 9.10. The average Bonchev–Trinajstić information content (AvgIpc) is 2.49. The molecule has 3 heteroatoms. The Morgan fingerprint density at radius 3 is 2.57 bits per heavy atom. The molecule has 0 radical (unpaired) electrons. The van der Waals surface area contributed by atoms with Crippen molar-refractivity contribution < 1.29 is 9.53 Å². The smallest absolute Gasteiger partial charge is 0.166 e. The van der Waals surface area contributed by atoms with Crippen LogP contribution in [0.2, 0.25) is 0 Å². The number of ketones is 1. The number of Topliss-reactive ketones (excluding diaryl/α,β-unsaturated/α-hetero) is 1. The van der Waals surface area contributed by atoms with E-state index in [4.69, 9.17) is 4.74 Å². The Morgan fingerprint density at radius 2 is 1.95 bits per heavy atom. The Kier molecular flexibility index (Phi) is 5.86. The second-order valence-corrected chi connectivity index (χ2v) is 7.03. The van der Waals surface area contributed by atoms with Crippen molar-refractivity contribution in [2.45, 2.75) is 58.8 Å². The standard InChI is InChI=1S/C18H25BrO2/c1-12-11-15(19)13(2)17(18(12)21-3)16(20)10-9-14-7-5-4-6-8-14/h11,14H,4-10H2,1-3H3. The predicted molar refractivity (Wildman–Crippen MR) is 90.3 cm³/mol. The van der Waals surface area contributed by atoms with Crippen molar-refractivity contribution >= 4 is 21.7 Å². The fourth-order valence-corrected chi connectivity index (χ4v) is 3.93. The van der Waals surface area contributed by atoms with Gasteiger partial charge >= 0.3 is 0 Å². The van der Waals surface area contributed by atoms with Gasteiger partial charge in [-0.1, -0.05) is 48.0 Å². The van der Waals surface area contributed by atoms with Gasteiger partial charge in [0, 0.05) is 10.9 Å². The molecule has 0 spiro atoms. The first-order chi connectivity index (χ1) is 10.0. The number of methoxy groups -OCH3 is 1. The molecular weight excluding hydrogens is 328 g/mol. The summed E-state index contributed by atoms with van der Waals surface area (Å²) in [4.78, 5) is 12.7. The van der Waals surface area contributed by atoms with Crippen LogP contribution in [0, 0.1) is 19.8 Å². The maximum atomic E-state index is 12.7. The van der Waals surface area contributed by atoms with Crippen molar-refractivity contribution in [2.75, 3.05) is 7.11 Å². The first-order valence-corrected chi connectivity index (χ1v) is 8.70. The van der Waals surface area contributed by atoms with Gasteiger partial charge in [0.25, 0.3) is 0 Å². The van der Waals surface area contributed by atoms with E-state index in [2.05, 4.69) is 15.9 Å². The summed E-state index contributed by atoms with van der Waals surface area (Å²) in [5, 5.41) is 0. The van der Waals surface area contributed by atoms with E-state index in [0.29, 0.717) is 6.42 Å². The fraction of sp³-hybridized carbons (Fsp3) is 0.611. The second kappa shape index (κ2) is 7.44. The molecule has 0 saturated heterocycles. The SMILES string of the molecule is COc1c(C)cc(Br)c(C)c1C(=O)CCC1CCCCC1. The van der Waals surface area contributed by atoms with E-state index < -0.39 is 0 Å². The van der Waals surface area contributed by atoms with Gasteiger partial charge < -0.3 is 4.74 Å². The molecule has 0 aromatic heterocycles. The normalized spacial score (nSPS) is 16.0. The lowest BCUT2D eigenvalue weighted by molar-refractivity contribution is 0.0966. The van der Waals surface area contributed by atoms with Gasteiger partial charge in [0.1, 0.15) is 5.75 Å². The predicted octanol–water partition coefficient (Wildman–Crippen LogP) is 5.62. The van der Waals surface area contributed by atoms with E-state index in [1.54, 1.807) is 7.11 Å². The first-order valence-electron chi connectivity index (χ1n) is 7.91. The third kappa shape index (κ3) is 3.88. The summed E-state index contributed by atoms with van der Waals surface area (Å²) in [5.74, 6) is 1.70. The maximum Gasteiger partial charge on any atom is 0.166 e. The summed E-state index contributed by atoms with van der Waals surface area (Å²) in [6.07, 6.45) is 8.27. The maximum absolute atomic E-state index is 12.7. The third-order valence-corrected chi connectivity index (χ3v) is 5.47. The summed E-state index contributed by atoms with van der Waals surface area (Å²) in [6, 6.07) is 2.02. The highest BCUT2D eigenvalue weighted by Gasteiger charge is 2.21. The lowest BCUT2D eigenvalue weighted by Gasteiger charge is -2.21. The number of carbonyl (C=O) groups is 1. The number of hydrogen-bond acceptors (Lipinski definition) is 2. The van der Waals surface area contributed by atoms with Crippen molar-refractivity contribution in [1.82, 2.24) is 0 Å². The molecule has 0 atom stereocenters. The molecule has 1 aromatic carbocycles. The molecule has 0 heterocycles. The van der Waals surface area contributed by atoms with Crippen LogP contribution in [0.5, 0.6) is 5.75 Å². The van der Waals surface area contributed by atoms with E-state index in [-0.39, 0.29) is 5.78 Å². The zero-order chi connectivity index (χ0) is 15.4. The number of halogens is 1. The van der Waals surface area contributed by atoms with Gasteiger partial charge in [0.05, 0.1) is 12.7 Å². The van der Waals surface area contributed by atoms with Crippen LogP contribution < -0.4 is 4.74 Å². The molecule has 0 unspecified atom stereocenters. The van der Waals surface area contributed by atoms with Gasteiger partial charge in [0.2, 0.25) is 0 Å². The fourth-order valence-electron chi connectivity index (χ4n) is 3.39. The van der Waals surface area contributed by atoms with Gasteiger partial charge in [-0.05, 0) is 43.4 Å². The van der Waals surface area contributed by atoms with Crippen molar-refractivity contribution in [3.8, 4) is 5.75 Å². The Balaban J connectivity index is 2.14. The molecule has 1 fully saturated rings. The Morgan fingerprint density at radius 1 is 1.29 bits per heavy atom. The summed E-state index contributed by atoms with van der Waals surface area (Å²) < 4.78 is 6.47. The minimum atomic E-state index is 0.222. The number of benzene rings is 1. The van der Waals surface area contributed by atoms with Crippen molar-refractivity contribution in [1.29, 1.82) is 0 Å². The van der Waals surface area contributed by atoms with Crippen molar-refractivity contribution in [3.05, 3.63) is 27.2 Å². The van der Waals surface area contributed by atoms with Gasteiger partial charge in [-0.25, -0.2) is 0 Å². The van der Waals surface area contributed by atoms with Crippen molar-refractivity contribution in [3.63, 3.8) is 0 Å². The van der Waals surface area contributed by atoms with Crippen molar-refractivity contribution in [2.24, 2.45) is 5.92 Å². The summed E-state index contributed by atoms with van der Waals surface area (Å²) in [6.45, 7) is 3.97. The van der Waals surface area contributed by atoms with Gasteiger partial charge in [-0.2, -0.15) is 0 Å². The Bertz CT molecular complexity index is 516. The molecule has 0 N–H and O–H groups in total. The molecule has 2 rings (SSSR count). The molecule has 2 nitrogen and oxygen atoms in total. The molecule has 21 heavy (non-hydrogen) atoms. The topological polar surface area (TPSA) is 26.3 Å². The zero-order valence-corrected chi connectivity index (χ0v) is 14.9. The summed E-state index contributed by atoms with van der Waals surface area (Å²) in [5.41, 5.74) is 2.77. The van der Waals surface area contributed by atoms with Gasteiger partial charge in [0.15, 0.2) is 5.78 Å². The number of hydrogen-bond donors (Lipinski definition) is 0. The molecule has 0 aliphatic heterocycles. The lowest BCUT2D eigenvalue weighted by atomic mass is 9.84. The molecule has 0 bridgehead atoms. The van der Waals surface area contributed by atoms with Crippen LogP contribution in [-0.4, -0.2) is 12.9 Å². The van der Waals surface area contributed by atoms with Crippen LogP contribution in [0.3, 0.4) is 0 Å². The van der Waals surface area contributed by atoms with Crippen LogP contribution >= 0.6 is 15.9 Å². The molecule has 1 saturated carbocycles. The monoisotopic (exact) mass is 352 g/mol. The molecular formula is C18H25BrO2. The summed E-state index contributed by atoms with van der Waals surface area (Å²) >= 11 is 3.55. The number of aryl methyl sites for hydroxylation is 1. The highest BCUT2D eigenvalue weighted by atomic mass is 79.9. The Hall–Kier alpha value is -0.830. The molecule has 1 aliphatic rings. The zero-order valence-electron chi connectivity index (χ0n) is 13.3. The Labute approximate surface area is 136 Å². The largest absolute Gasteiger partial charge is 0.496 e. The molecule has 1 aliphatic carbocycles. The number of rotatable bonds is 5. The molecule has 116 valence electrons. The first kappa shape index (κ1) is 16.5. The number of carbonyl (C=O) groups excluding carboxylic acids is 1. The van der Waals surface area contributed by atoms with Gasteiger partial charge in [-0.3, -0.25) is 4.79 Å². The highest BCUT2D eigenvalue weighted by Crippen LogP contribution is 2.34.